The zero-order chi connectivity index (χ0) is 15.0. The van der Waals surface area contributed by atoms with Crippen molar-refractivity contribution in [1.82, 2.24) is 21.5 Å². The largest absolute Gasteiger partial charge is 0.361 e. The summed E-state index contributed by atoms with van der Waals surface area (Å²) in [5.41, 5.74) is 5.88. The summed E-state index contributed by atoms with van der Waals surface area (Å²) < 4.78 is 0. The summed E-state index contributed by atoms with van der Waals surface area (Å²) in [5, 5.41) is 7.73. The predicted octanol–water partition coefficient (Wildman–Crippen LogP) is 2.45. The van der Waals surface area contributed by atoms with Crippen LogP contribution in [0.2, 0.25) is 0 Å². The van der Waals surface area contributed by atoms with Crippen LogP contribution in [0.25, 0.3) is 0 Å². The Hall–Kier alpha value is -0.620. The Morgan fingerprint density at radius 3 is 2.50 bits per heavy atom. The highest BCUT2D eigenvalue weighted by Gasteiger charge is 2.27. The SMILES string of the molecule is CCCCNC(=S)NNC(=S)N[C@H]1CCC[C@@H](C)[C@@H]1C. The molecule has 0 spiro atoms. The number of hydrazine groups is 1. The van der Waals surface area contributed by atoms with Gasteiger partial charge in [0, 0.05) is 12.6 Å². The second-order valence-electron chi connectivity index (χ2n) is 5.71. The van der Waals surface area contributed by atoms with E-state index in [1.807, 2.05) is 0 Å². The molecule has 0 amide bonds. The first-order valence-corrected chi connectivity index (χ1v) is 8.46. The lowest BCUT2D eigenvalue weighted by atomic mass is 9.78. The van der Waals surface area contributed by atoms with Gasteiger partial charge in [0.15, 0.2) is 10.2 Å². The average Bonchev–Trinajstić information content (AvgIpc) is 2.42. The first-order chi connectivity index (χ1) is 9.54. The van der Waals surface area contributed by atoms with Crippen molar-refractivity contribution in [3.05, 3.63) is 0 Å². The first kappa shape index (κ1) is 17.4. The van der Waals surface area contributed by atoms with E-state index in [1.54, 1.807) is 0 Å². The molecule has 0 aromatic heterocycles. The van der Waals surface area contributed by atoms with Crippen LogP contribution in [-0.4, -0.2) is 22.8 Å². The molecule has 1 rings (SSSR count). The van der Waals surface area contributed by atoms with Gasteiger partial charge in [0.2, 0.25) is 0 Å². The second-order valence-corrected chi connectivity index (χ2v) is 6.52. The molecule has 1 aliphatic carbocycles. The molecule has 0 saturated heterocycles. The molecular formula is C14H28N4S2. The summed E-state index contributed by atoms with van der Waals surface area (Å²) in [4.78, 5) is 0. The third-order valence-corrected chi connectivity index (χ3v) is 4.60. The molecule has 4 N–H and O–H groups in total. The molecule has 6 heteroatoms. The maximum atomic E-state index is 5.31. The third kappa shape index (κ3) is 6.22. The molecule has 0 heterocycles. The van der Waals surface area contributed by atoms with E-state index in [4.69, 9.17) is 24.4 Å². The number of unbranched alkanes of at least 4 members (excludes halogenated alkanes) is 1. The Kier molecular flexibility index (Phi) is 8.14. The fourth-order valence-electron chi connectivity index (χ4n) is 2.53. The van der Waals surface area contributed by atoms with Gasteiger partial charge in [-0.05, 0) is 49.1 Å². The topological polar surface area (TPSA) is 48.1 Å². The minimum absolute atomic E-state index is 0.460. The minimum atomic E-state index is 0.460. The van der Waals surface area contributed by atoms with E-state index >= 15 is 0 Å². The van der Waals surface area contributed by atoms with Crippen molar-refractivity contribution in [2.45, 2.75) is 58.9 Å². The summed E-state index contributed by atoms with van der Waals surface area (Å²) in [6.45, 7) is 7.66. The molecular weight excluding hydrogens is 288 g/mol. The standard InChI is InChI=1S/C14H28N4S2/c1-4-5-9-15-13(19)17-18-14(20)16-12-8-6-7-10(2)11(12)3/h10-12H,4-9H2,1-3H3,(H2,15,17,19)(H2,16,18,20)/t10-,11+,12+/m1/s1. The molecule has 0 aromatic carbocycles. The summed E-state index contributed by atoms with van der Waals surface area (Å²) in [6.07, 6.45) is 6.05. The van der Waals surface area contributed by atoms with E-state index in [-0.39, 0.29) is 0 Å². The highest BCUT2D eigenvalue weighted by Crippen LogP contribution is 2.29. The fraction of sp³-hybridized carbons (Fsp3) is 0.857. The van der Waals surface area contributed by atoms with Crippen LogP contribution >= 0.6 is 24.4 Å². The molecule has 0 radical (unpaired) electrons. The molecule has 20 heavy (non-hydrogen) atoms. The highest BCUT2D eigenvalue weighted by molar-refractivity contribution is 7.80. The Morgan fingerprint density at radius 2 is 1.80 bits per heavy atom. The second kappa shape index (κ2) is 9.34. The Labute approximate surface area is 133 Å². The van der Waals surface area contributed by atoms with Gasteiger partial charge in [-0.15, -0.1) is 0 Å². The highest BCUT2D eigenvalue weighted by atomic mass is 32.1. The van der Waals surface area contributed by atoms with E-state index in [0.717, 1.165) is 25.3 Å². The van der Waals surface area contributed by atoms with E-state index < -0.39 is 0 Å². The zero-order valence-electron chi connectivity index (χ0n) is 12.8. The van der Waals surface area contributed by atoms with Crippen molar-refractivity contribution in [2.75, 3.05) is 6.54 Å². The van der Waals surface area contributed by atoms with Crippen LogP contribution in [0.4, 0.5) is 0 Å². The van der Waals surface area contributed by atoms with Gasteiger partial charge in [-0.1, -0.05) is 40.0 Å². The van der Waals surface area contributed by atoms with E-state index in [0.29, 0.717) is 22.2 Å². The van der Waals surface area contributed by atoms with Gasteiger partial charge in [-0.25, -0.2) is 0 Å². The molecule has 3 atom stereocenters. The minimum Gasteiger partial charge on any atom is -0.361 e. The maximum Gasteiger partial charge on any atom is 0.185 e. The molecule has 1 saturated carbocycles. The molecule has 0 bridgehead atoms. The van der Waals surface area contributed by atoms with Crippen LogP contribution in [0.5, 0.6) is 0 Å². The number of rotatable bonds is 4. The molecule has 0 unspecified atom stereocenters. The van der Waals surface area contributed by atoms with E-state index in [1.165, 1.54) is 19.3 Å². The number of thiocarbonyl (C=S) groups is 2. The van der Waals surface area contributed by atoms with E-state index in [2.05, 4.69) is 42.3 Å². The lowest BCUT2D eigenvalue weighted by Gasteiger charge is -2.35. The van der Waals surface area contributed by atoms with Crippen LogP contribution < -0.4 is 21.5 Å². The van der Waals surface area contributed by atoms with Crippen LogP contribution in [0.15, 0.2) is 0 Å². The molecule has 4 nitrogen and oxygen atoms in total. The zero-order valence-corrected chi connectivity index (χ0v) is 14.4. The third-order valence-electron chi connectivity index (χ3n) is 4.13. The van der Waals surface area contributed by atoms with Crippen molar-refractivity contribution in [2.24, 2.45) is 11.8 Å². The molecule has 0 aliphatic heterocycles. The van der Waals surface area contributed by atoms with Crippen LogP contribution in [0, 0.1) is 11.8 Å². The lowest BCUT2D eigenvalue weighted by Crippen LogP contribution is -2.54. The van der Waals surface area contributed by atoms with Gasteiger partial charge in [-0.2, -0.15) is 0 Å². The Balaban J connectivity index is 2.21. The molecule has 1 aliphatic rings. The number of hydrogen-bond donors (Lipinski definition) is 4. The van der Waals surface area contributed by atoms with Crippen molar-refractivity contribution < 1.29 is 0 Å². The monoisotopic (exact) mass is 316 g/mol. The summed E-state index contributed by atoms with van der Waals surface area (Å²) in [5.74, 6) is 1.41. The summed E-state index contributed by atoms with van der Waals surface area (Å²) >= 11 is 10.5. The fourth-order valence-corrected chi connectivity index (χ4v) is 2.88. The average molecular weight is 317 g/mol. The number of hydrogen-bond acceptors (Lipinski definition) is 2. The first-order valence-electron chi connectivity index (χ1n) is 7.65. The molecule has 116 valence electrons. The van der Waals surface area contributed by atoms with Gasteiger partial charge in [0.05, 0.1) is 0 Å². The van der Waals surface area contributed by atoms with Crippen LogP contribution in [0.3, 0.4) is 0 Å². The van der Waals surface area contributed by atoms with Crippen molar-refractivity contribution >= 4 is 34.7 Å². The quantitative estimate of drug-likeness (QED) is 0.363. The molecule has 1 fully saturated rings. The predicted molar refractivity (Wildman–Crippen MR) is 93.5 cm³/mol. The van der Waals surface area contributed by atoms with Gasteiger partial charge in [0.25, 0.3) is 0 Å². The number of nitrogens with one attached hydrogen (secondary N) is 4. The van der Waals surface area contributed by atoms with Gasteiger partial charge >= 0.3 is 0 Å². The van der Waals surface area contributed by atoms with E-state index in [9.17, 15) is 0 Å². The lowest BCUT2D eigenvalue weighted by molar-refractivity contribution is 0.224. The van der Waals surface area contributed by atoms with Gasteiger partial charge in [0.1, 0.15) is 0 Å². The molecule has 0 aromatic rings. The summed E-state index contributed by atoms with van der Waals surface area (Å²) in [6, 6.07) is 0.460. The van der Waals surface area contributed by atoms with Crippen molar-refractivity contribution in [1.29, 1.82) is 0 Å². The normalized spacial score (nSPS) is 25.6. The van der Waals surface area contributed by atoms with Crippen LogP contribution in [0.1, 0.15) is 52.9 Å². The Morgan fingerprint density at radius 1 is 1.10 bits per heavy atom. The van der Waals surface area contributed by atoms with Crippen molar-refractivity contribution in [3.8, 4) is 0 Å². The van der Waals surface area contributed by atoms with Crippen molar-refractivity contribution in [3.63, 3.8) is 0 Å². The summed E-state index contributed by atoms with van der Waals surface area (Å²) in [7, 11) is 0. The van der Waals surface area contributed by atoms with Gasteiger partial charge < -0.3 is 10.6 Å². The van der Waals surface area contributed by atoms with Gasteiger partial charge in [-0.3, -0.25) is 10.9 Å². The Bertz CT molecular complexity index is 322. The smallest absolute Gasteiger partial charge is 0.185 e. The maximum absolute atomic E-state index is 5.31. The van der Waals surface area contributed by atoms with Crippen LogP contribution in [-0.2, 0) is 0 Å².